The Kier molecular flexibility index (Phi) is 18.5. The number of ketones is 1. The normalized spacial score (nSPS) is 22.9. The zero-order valence-corrected chi connectivity index (χ0v) is 44.8. The minimum absolute atomic E-state index is 0.0538. The second-order valence-electron chi connectivity index (χ2n) is 20.0. The third-order valence-electron chi connectivity index (χ3n) is 14.7. The monoisotopic (exact) mass is 1060 g/mol. The van der Waals surface area contributed by atoms with Gasteiger partial charge in [0.1, 0.15) is 24.5 Å². The number of aliphatic hydroxyl groups excluding tert-OH is 1. The van der Waals surface area contributed by atoms with Crippen molar-refractivity contribution in [2.24, 2.45) is 22.4 Å². The van der Waals surface area contributed by atoms with E-state index < -0.39 is 57.5 Å². The number of benzene rings is 2. The lowest BCUT2D eigenvalue weighted by Crippen LogP contribution is -2.63. The summed E-state index contributed by atoms with van der Waals surface area (Å²) >= 11 is 1.51. The molecule has 2 aromatic carbocycles. The molecule has 4 aliphatic rings. The lowest BCUT2D eigenvalue weighted by Gasteiger charge is -2.46. The van der Waals surface area contributed by atoms with Crippen LogP contribution in [-0.2, 0) is 51.9 Å². The molecular weight excluding hydrogens is 993 g/mol. The average Bonchev–Trinajstić information content (AvgIpc) is 3.87. The van der Waals surface area contributed by atoms with Crippen LogP contribution in [-0.4, -0.2) is 145 Å². The van der Waals surface area contributed by atoms with Crippen molar-refractivity contribution in [3.63, 3.8) is 0 Å². The highest BCUT2D eigenvalue weighted by Gasteiger charge is 2.59. The summed E-state index contributed by atoms with van der Waals surface area (Å²) < 4.78 is 49.9. The lowest BCUT2D eigenvalue weighted by molar-refractivity contribution is -0.164. The van der Waals surface area contributed by atoms with Gasteiger partial charge in [-0.1, -0.05) is 45.9 Å². The van der Waals surface area contributed by atoms with E-state index in [1.165, 1.54) is 21.6 Å². The first kappa shape index (κ1) is 56.1. The first-order chi connectivity index (χ1) is 35.3. The number of rotatable bonds is 25. The number of nitrogens with one attached hydrogen (secondary N) is 2. The van der Waals surface area contributed by atoms with Crippen LogP contribution in [0.4, 0.5) is 5.95 Å². The number of methoxy groups -OCH3 is 2. The van der Waals surface area contributed by atoms with E-state index in [0.717, 1.165) is 10.5 Å². The van der Waals surface area contributed by atoms with Gasteiger partial charge in [0.2, 0.25) is 17.6 Å². The number of aldehydes is 1. The van der Waals surface area contributed by atoms with Gasteiger partial charge in [-0.2, -0.15) is 8.42 Å². The number of thioether (sulfide) groups is 1. The Morgan fingerprint density at radius 2 is 1.85 bits per heavy atom. The number of nitrogens with zero attached hydrogens (tertiary/aromatic N) is 5. The molecule has 0 spiro atoms. The van der Waals surface area contributed by atoms with Crippen LogP contribution >= 0.6 is 11.8 Å². The van der Waals surface area contributed by atoms with Gasteiger partial charge in [0, 0.05) is 59.9 Å². The molecule has 74 heavy (non-hydrogen) atoms. The molecule has 0 saturated carbocycles. The number of aliphatic hydroxyl groups is 1. The Morgan fingerprint density at radius 3 is 2.55 bits per heavy atom. The van der Waals surface area contributed by atoms with Crippen LogP contribution < -0.4 is 29.4 Å². The van der Waals surface area contributed by atoms with E-state index in [4.69, 9.17) is 29.1 Å². The SMILES string of the molecule is CCC(C)(C)C(=O)C(=O)N1CCCC[C@H]1C(=O)O[C@H](CCc1ccc(OC)c(OC)c1)c1cccc(OCCNc2nccc(CN3C[C@@H](SC4=C(C=O)N5C(=O)[C@H]([C@@H](C)O)[C@H]5[C@H]4C)C[C@H]3CNS(N)(=O)=O)n2)c1. The predicted octanol–water partition coefficient (Wildman–Crippen LogP) is 4.33. The second-order valence-corrected chi connectivity index (χ2v) is 22.7. The summed E-state index contributed by atoms with van der Waals surface area (Å²) in [5.41, 5.74) is 1.74. The number of Topliss-reactive ketones (excluding diaryl/α,β-unsaturated/α-hetero) is 1. The summed E-state index contributed by atoms with van der Waals surface area (Å²) in [6.07, 6.45) is 4.44. The third-order valence-corrected chi connectivity index (χ3v) is 16.7. The molecule has 402 valence electrons. The number of hydrogen-bond acceptors (Lipinski definition) is 17. The zero-order chi connectivity index (χ0) is 53.5. The Balaban J connectivity index is 0.997. The number of aryl methyl sites for hydroxylation is 1. The number of β-lactam (4-membered cyclic amide) rings is 1. The number of esters is 1. The lowest BCUT2D eigenvalue weighted by atomic mass is 9.79. The van der Waals surface area contributed by atoms with Crippen molar-refractivity contribution in [3.05, 3.63) is 82.2 Å². The number of piperidine rings is 1. The molecule has 4 aliphatic heterocycles. The quantitative estimate of drug-likeness (QED) is 0.0303. The van der Waals surface area contributed by atoms with Crippen LogP contribution in [0.5, 0.6) is 17.2 Å². The van der Waals surface area contributed by atoms with Gasteiger partial charge >= 0.3 is 5.97 Å². The molecule has 0 radical (unpaired) electrons. The van der Waals surface area contributed by atoms with Gasteiger partial charge in [0.25, 0.3) is 16.1 Å². The first-order valence-corrected chi connectivity index (χ1v) is 27.6. The van der Waals surface area contributed by atoms with E-state index in [1.54, 1.807) is 53.3 Å². The maximum atomic E-state index is 14.2. The van der Waals surface area contributed by atoms with Gasteiger partial charge in [-0.05, 0) is 93.3 Å². The molecular formula is C52H70N8O12S2. The summed E-state index contributed by atoms with van der Waals surface area (Å²) in [5, 5.41) is 18.8. The number of carbonyl (C=O) groups is 5. The molecule has 0 bridgehead atoms. The largest absolute Gasteiger partial charge is 0.493 e. The van der Waals surface area contributed by atoms with Crippen LogP contribution in [0, 0.1) is 17.3 Å². The molecule has 20 nitrogen and oxygen atoms in total. The van der Waals surface area contributed by atoms with Gasteiger partial charge in [0.15, 0.2) is 17.8 Å². The van der Waals surface area contributed by atoms with E-state index in [-0.39, 0.29) is 48.9 Å². The van der Waals surface area contributed by atoms with Crippen molar-refractivity contribution in [2.45, 2.75) is 122 Å². The van der Waals surface area contributed by atoms with Crippen molar-refractivity contribution >= 4 is 57.8 Å². The van der Waals surface area contributed by atoms with Crippen molar-refractivity contribution < 1.29 is 56.4 Å². The Hall–Kier alpha value is -5.65. The molecule has 7 rings (SSSR count). The number of nitrogens with two attached hydrogens (primary N) is 1. The molecule has 2 amide bonds. The van der Waals surface area contributed by atoms with Crippen LogP contribution in [0.25, 0.3) is 0 Å². The van der Waals surface area contributed by atoms with Gasteiger partial charge in [-0.15, -0.1) is 11.8 Å². The molecule has 0 unspecified atom stereocenters. The highest BCUT2D eigenvalue weighted by atomic mass is 32.2. The summed E-state index contributed by atoms with van der Waals surface area (Å²) in [6, 6.07) is 13.2. The minimum atomic E-state index is -3.98. The Morgan fingerprint density at radius 1 is 1.08 bits per heavy atom. The zero-order valence-electron chi connectivity index (χ0n) is 43.2. The van der Waals surface area contributed by atoms with Crippen molar-refractivity contribution in [1.29, 1.82) is 0 Å². The molecule has 22 heteroatoms. The standard InChI is InChI=1S/C52H70N8O12S2/c1-8-52(4,5)47(63)49(65)59-22-10-9-14-39(59)50(66)72-41(17-15-33-16-18-42(69-6)43(24-33)70-7)34-12-11-13-37(25-34)71-23-21-55-51-54-20-19-35(57-51)28-58-29-38(26-36(58)27-56-74(53,67)68)73-46-31(2)45-44(32(3)62)48(64)60(45)40(46)30-61/h11-13,16,18-20,24-25,30-32,36,38-39,41,44-45,56,62H,8-10,14-15,17,21-23,26-29H2,1-7H3,(H2,53,67,68)(H,54,55,57)/t31-,32-,36+,38+,39+,41-,44-,45-/m1/s1. The Labute approximate surface area is 437 Å². The molecule has 5 heterocycles. The number of allylic oxidation sites excluding steroid dienone is 1. The Bertz CT molecular complexity index is 2690. The van der Waals surface area contributed by atoms with Crippen molar-refractivity contribution in [1.82, 2.24) is 29.4 Å². The van der Waals surface area contributed by atoms with E-state index in [1.807, 2.05) is 50.2 Å². The molecule has 3 aromatic rings. The van der Waals surface area contributed by atoms with E-state index in [9.17, 15) is 37.5 Å². The number of fused-ring (bicyclic) bond motifs is 1. The fourth-order valence-corrected chi connectivity index (χ4v) is 12.2. The number of carbonyl (C=O) groups excluding carboxylic acids is 5. The van der Waals surface area contributed by atoms with Crippen LogP contribution in [0.3, 0.4) is 0 Å². The van der Waals surface area contributed by atoms with Crippen molar-refractivity contribution in [3.8, 4) is 17.2 Å². The number of aromatic nitrogens is 2. The number of likely N-dealkylation sites (tertiary alicyclic amines) is 2. The molecule has 8 atom stereocenters. The topological polar surface area (TPSA) is 262 Å². The molecule has 1 aromatic heterocycles. The van der Waals surface area contributed by atoms with Gasteiger partial charge in [-0.25, -0.2) is 24.6 Å². The van der Waals surface area contributed by atoms with Crippen LogP contribution in [0.1, 0.15) is 96.1 Å². The van der Waals surface area contributed by atoms with Crippen molar-refractivity contribution in [2.75, 3.05) is 52.3 Å². The first-order valence-electron chi connectivity index (χ1n) is 25.2. The third kappa shape index (κ3) is 13.1. The minimum Gasteiger partial charge on any atom is -0.493 e. The summed E-state index contributed by atoms with van der Waals surface area (Å²) in [6.45, 7) is 10.6. The summed E-state index contributed by atoms with van der Waals surface area (Å²) in [4.78, 5) is 81.2. The van der Waals surface area contributed by atoms with Crippen LogP contribution in [0.15, 0.2) is 65.3 Å². The van der Waals surface area contributed by atoms with E-state index >= 15 is 0 Å². The number of amides is 2. The van der Waals surface area contributed by atoms with Crippen LogP contribution in [0.2, 0.25) is 0 Å². The molecule has 5 N–H and O–H groups in total. The smallest absolute Gasteiger partial charge is 0.329 e. The predicted molar refractivity (Wildman–Crippen MR) is 277 cm³/mol. The molecule has 3 fully saturated rings. The highest BCUT2D eigenvalue weighted by Crippen LogP contribution is 2.51. The summed E-state index contributed by atoms with van der Waals surface area (Å²) in [7, 11) is -0.853. The maximum absolute atomic E-state index is 14.2. The number of ether oxygens (including phenoxy) is 4. The number of hydrogen-bond donors (Lipinski definition) is 4. The van der Waals surface area contributed by atoms with Gasteiger partial charge < -0.3 is 39.2 Å². The summed E-state index contributed by atoms with van der Waals surface area (Å²) in [5.74, 6) is -0.736. The maximum Gasteiger partial charge on any atom is 0.329 e. The number of anilines is 1. The fourth-order valence-electron chi connectivity index (χ4n) is 10.2. The molecule has 0 aliphatic carbocycles. The van der Waals surface area contributed by atoms with Gasteiger partial charge in [-0.3, -0.25) is 24.1 Å². The second kappa shape index (κ2) is 24.3. The fraction of sp³-hybridized carbons (Fsp3) is 0.558. The highest BCUT2D eigenvalue weighted by molar-refractivity contribution is 8.03. The van der Waals surface area contributed by atoms with E-state index in [0.29, 0.717) is 111 Å². The van der Waals surface area contributed by atoms with E-state index in [2.05, 4.69) is 19.9 Å². The van der Waals surface area contributed by atoms with Gasteiger partial charge in [0.05, 0.1) is 50.2 Å². The average molecular weight is 1060 g/mol. The molecule has 3 saturated heterocycles.